The number of aromatic nitrogens is 2. The number of carboxylic acid groups (broad SMARTS) is 1. The summed E-state index contributed by atoms with van der Waals surface area (Å²) in [6, 6.07) is 9.31. The van der Waals surface area contributed by atoms with Crippen LogP contribution < -0.4 is 5.73 Å². The van der Waals surface area contributed by atoms with E-state index in [9.17, 15) is 4.79 Å². The van der Waals surface area contributed by atoms with Crippen LogP contribution in [0, 0.1) is 0 Å². The number of hydrogen-bond acceptors (Lipinski definition) is 3. The summed E-state index contributed by atoms with van der Waals surface area (Å²) < 4.78 is 0. The smallest absolute Gasteiger partial charge is 0.356 e. The number of benzene rings is 1. The van der Waals surface area contributed by atoms with Crippen molar-refractivity contribution in [3.05, 3.63) is 41.7 Å². The number of carbonyl (C=O) groups is 1. The molecule has 4 N–H and O–H groups in total. The number of rotatable bonds is 3. The van der Waals surface area contributed by atoms with Crippen molar-refractivity contribution in [1.29, 1.82) is 0 Å². The number of aromatic amines is 1. The lowest BCUT2D eigenvalue weighted by atomic mass is 10.2. The Bertz CT molecular complexity index is 505. The van der Waals surface area contributed by atoms with Crippen molar-refractivity contribution in [2.24, 2.45) is 5.73 Å². The number of imidazole rings is 1. The van der Waals surface area contributed by atoms with Gasteiger partial charge in [0, 0.05) is 12.1 Å². The Labute approximate surface area is 91.9 Å². The lowest BCUT2D eigenvalue weighted by Crippen LogP contribution is -2.06. The zero-order chi connectivity index (χ0) is 11.5. The molecule has 0 saturated heterocycles. The van der Waals surface area contributed by atoms with E-state index < -0.39 is 5.97 Å². The third-order valence-electron chi connectivity index (χ3n) is 2.23. The summed E-state index contributed by atoms with van der Waals surface area (Å²) in [6.07, 6.45) is 0. The van der Waals surface area contributed by atoms with Crippen LogP contribution in [0.25, 0.3) is 11.4 Å². The van der Waals surface area contributed by atoms with E-state index in [-0.39, 0.29) is 12.2 Å². The fourth-order valence-electron chi connectivity index (χ4n) is 1.47. The highest BCUT2D eigenvalue weighted by Crippen LogP contribution is 2.17. The van der Waals surface area contributed by atoms with Crippen molar-refractivity contribution in [2.75, 3.05) is 0 Å². The van der Waals surface area contributed by atoms with Gasteiger partial charge >= 0.3 is 5.97 Å². The Morgan fingerprint density at radius 3 is 2.56 bits per heavy atom. The van der Waals surface area contributed by atoms with Crippen LogP contribution in [0.1, 0.15) is 16.2 Å². The van der Waals surface area contributed by atoms with E-state index in [1.54, 1.807) is 0 Å². The van der Waals surface area contributed by atoms with Gasteiger partial charge in [-0.25, -0.2) is 9.78 Å². The molecule has 1 aromatic heterocycles. The average molecular weight is 217 g/mol. The first-order chi connectivity index (χ1) is 7.72. The van der Waals surface area contributed by atoms with Gasteiger partial charge in [-0.15, -0.1) is 0 Å². The summed E-state index contributed by atoms with van der Waals surface area (Å²) in [5.74, 6) is -0.544. The van der Waals surface area contributed by atoms with Crippen LogP contribution in [0.15, 0.2) is 30.3 Å². The third kappa shape index (κ3) is 1.80. The van der Waals surface area contributed by atoms with Gasteiger partial charge in [0.2, 0.25) is 0 Å². The largest absolute Gasteiger partial charge is 0.476 e. The predicted molar refractivity (Wildman–Crippen MR) is 58.9 cm³/mol. The molecule has 16 heavy (non-hydrogen) atoms. The first kappa shape index (κ1) is 10.4. The first-order valence-corrected chi connectivity index (χ1v) is 4.80. The third-order valence-corrected chi connectivity index (χ3v) is 2.23. The molecule has 0 unspecified atom stereocenters. The van der Waals surface area contributed by atoms with Crippen LogP contribution in [-0.2, 0) is 6.54 Å². The normalized spacial score (nSPS) is 10.3. The molecule has 0 aliphatic carbocycles. The second-order valence-electron chi connectivity index (χ2n) is 3.29. The number of aromatic carboxylic acids is 1. The molecule has 0 aliphatic rings. The van der Waals surface area contributed by atoms with Crippen LogP contribution in [-0.4, -0.2) is 21.0 Å². The lowest BCUT2D eigenvalue weighted by Gasteiger charge is -1.94. The Kier molecular flexibility index (Phi) is 2.70. The lowest BCUT2D eigenvalue weighted by molar-refractivity contribution is 0.0690. The fourth-order valence-corrected chi connectivity index (χ4v) is 1.47. The average Bonchev–Trinajstić information content (AvgIpc) is 2.74. The van der Waals surface area contributed by atoms with Crippen LogP contribution in [0.5, 0.6) is 0 Å². The summed E-state index contributed by atoms with van der Waals surface area (Å²) in [7, 11) is 0. The molecule has 1 heterocycles. The molecule has 2 aromatic rings. The highest BCUT2D eigenvalue weighted by Gasteiger charge is 2.15. The van der Waals surface area contributed by atoms with Crippen molar-refractivity contribution < 1.29 is 9.90 Å². The molecule has 0 radical (unpaired) electrons. The SMILES string of the molecule is NCc1[nH]c(-c2ccccc2)nc1C(=O)O. The fraction of sp³-hybridized carbons (Fsp3) is 0.0909. The van der Waals surface area contributed by atoms with Gasteiger partial charge in [-0.3, -0.25) is 0 Å². The number of hydrogen-bond donors (Lipinski definition) is 3. The van der Waals surface area contributed by atoms with Gasteiger partial charge in [0.15, 0.2) is 5.69 Å². The van der Waals surface area contributed by atoms with E-state index in [1.807, 2.05) is 30.3 Å². The van der Waals surface area contributed by atoms with E-state index in [0.717, 1.165) is 5.56 Å². The number of nitrogens with two attached hydrogens (primary N) is 1. The molecule has 2 rings (SSSR count). The Morgan fingerprint density at radius 1 is 1.38 bits per heavy atom. The summed E-state index contributed by atoms with van der Waals surface area (Å²) in [5, 5.41) is 8.92. The van der Waals surface area contributed by atoms with Gasteiger partial charge in [0.05, 0.1) is 5.69 Å². The molecule has 0 spiro atoms. The Hall–Kier alpha value is -2.14. The van der Waals surface area contributed by atoms with E-state index in [4.69, 9.17) is 10.8 Å². The van der Waals surface area contributed by atoms with Crippen LogP contribution >= 0.6 is 0 Å². The second kappa shape index (κ2) is 4.16. The van der Waals surface area contributed by atoms with E-state index in [1.165, 1.54) is 0 Å². The molecule has 5 heteroatoms. The van der Waals surface area contributed by atoms with Gasteiger partial charge in [-0.1, -0.05) is 30.3 Å². The van der Waals surface area contributed by atoms with Gasteiger partial charge in [-0.05, 0) is 0 Å². The number of nitrogens with zero attached hydrogens (tertiary/aromatic N) is 1. The van der Waals surface area contributed by atoms with E-state index in [2.05, 4.69) is 9.97 Å². The van der Waals surface area contributed by atoms with Crippen LogP contribution in [0.3, 0.4) is 0 Å². The second-order valence-corrected chi connectivity index (χ2v) is 3.29. The first-order valence-electron chi connectivity index (χ1n) is 4.80. The molecular formula is C11H11N3O2. The molecule has 0 bridgehead atoms. The van der Waals surface area contributed by atoms with E-state index >= 15 is 0 Å². The summed E-state index contributed by atoms with van der Waals surface area (Å²) in [5.41, 5.74) is 6.71. The van der Waals surface area contributed by atoms with Gasteiger partial charge in [-0.2, -0.15) is 0 Å². The quantitative estimate of drug-likeness (QED) is 0.721. The zero-order valence-electron chi connectivity index (χ0n) is 8.47. The van der Waals surface area contributed by atoms with Gasteiger partial charge in [0.1, 0.15) is 5.82 Å². The Morgan fingerprint density at radius 2 is 2.06 bits per heavy atom. The molecule has 0 amide bonds. The van der Waals surface area contributed by atoms with Crippen molar-refractivity contribution in [2.45, 2.75) is 6.54 Å². The minimum atomic E-state index is -1.07. The van der Waals surface area contributed by atoms with Crippen molar-refractivity contribution in [1.82, 2.24) is 9.97 Å². The molecule has 0 aliphatic heterocycles. The molecule has 0 saturated carbocycles. The number of carboxylic acids is 1. The van der Waals surface area contributed by atoms with Crippen molar-refractivity contribution in [3.63, 3.8) is 0 Å². The minimum absolute atomic E-state index is 0.0126. The zero-order valence-corrected chi connectivity index (χ0v) is 8.47. The summed E-state index contributed by atoms with van der Waals surface area (Å²) in [6.45, 7) is 0.126. The minimum Gasteiger partial charge on any atom is -0.476 e. The van der Waals surface area contributed by atoms with Crippen LogP contribution in [0.4, 0.5) is 0 Å². The van der Waals surface area contributed by atoms with Crippen molar-refractivity contribution in [3.8, 4) is 11.4 Å². The van der Waals surface area contributed by atoms with Gasteiger partial charge < -0.3 is 15.8 Å². The highest BCUT2D eigenvalue weighted by molar-refractivity contribution is 5.87. The maximum Gasteiger partial charge on any atom is 0.356 e. The topological polar surface area (TPSA) is 92.0 Å². The highest BCUT2D eigenvalue weighted by atomic mass is 16.4. The molecule has 5 nitrogen and oxygen atoms in total. The summed E-state index contributed by atoms with van der Waals surface area (Å²) >= 11 is 0. The van der Waals surface area contributed by atoms with Crippen LogP contribution in [0.2, 0.25) is 0 Å². The van der Waals surface area contributed by atoms with E-state index in [0.29, 0.717) is 11.5 Å². The van der Waals surface area contributed by atoms with Gasteiger partial charge in [0.25, 0.3) is 0 Å². The standard InChI is InChI=1S/C11H11N3O2/c12-6-8-9(11(15)16)14-10(13-8)7-4-2-1-3-5-7/h1-5H,6,12H2,(H,13,14)(H,15,16). The number of H-pyrrole nitrogens is 1. The maximum absolute atomic E-state index is 10.9. The molecular weight excluding hydrogens is 206 g/mol. The predicted octanol–water partition coefficient (Wildman–Crippen LogP) is 1.23. The number of nitrogens with one attached hydrogen (secondary N) is 1. The molecule has 82 valence electrons. The summed E-state index contributed by atoms with van der Waals surface area (Å²) in [4.78, 5) is 17.8. The molecule has 0 fully saturated rings. The van der Waals surface area contributed by atoms with Crippen molar-refractivity contribution >= 4 is 5.97 Å². The monoisotopic (exact) mass is 217 g/mol. The molecule has 1 aromatic carbocycles. The maximum atomic E-state index is 10.9. The molecule has 0 atom stereocenters. The Balaban J connectivity index is 2.48.